The molecule has 1 aliphatic carbocycles. The minimum absolute atomic E-state index is 0.735. The quantitative estimate of drug-likeness (QED) is 0.647. The maximum Gasteiger partial charge on any atom is 0.0591 e. The van der Waals surface area contributed by atoms with E-state index in [0.29, 0.717) is 0 Å². The number of ether oxygens (including phenoxy) is 2. The topological polar surface area (TPSA) is 30.5 Å². The normalized spacial score (nSPS) is 25.9. The fourth-order valence-corrected chi connectivity index (χ4v) is 2.21. The van der Waals surface area contributed by atoms with Gasteiger partial charge in [0.2, 0.25) is 0 Å². The molecular formula is C13H27NO2. The Balaban J connectivity index is 1.84. The highest BCUT2D eigenvalue weighted by molar-refractivity contribution is 4.74. The third-order valence-corrected chi connectivity index (χ3v) is 3.33. The van der Waals surface area contributed by atoms with E-state index in [9.17, 15) is 0 Å². The number of hydrogen-bond acceptors (Lipinski definition) is 3. The van der Waals surface area contributed by atoms with E-state index >= 15 is 0 Å². The molecule has 3 heteroatoms. The molecular weight excluding hydrogens is 202 g/mol. The lowest BCUT2D eigenvalue weighted by molar-refractivity contribution is 0.102. The van der Waals surface area contributed by atoms with Crippen LogP contribution in [0.25, 0.3) is 0 Å². The molecule has 16 heavy (non-hydrogen) atoms. The van der Waals surface area contributed by atoms with Crippen LogP contribution in [0.1, 0.15) is 39.0 Å². The summed E-state index contributed by atoms with van der Waals surface area (Å²) in [5.41, 5.74) is 0. The summed E-state index contributed by atoms with van der Waals surface area (Å²) in [6.07, 6.45) is 6.44. The summed E-state index contributed by atoms with van der Waals surface area (Å²) in [6, 6.07) is 0.735. The molecule has 0 bridgehead atoms. The molecule has 0 saturated heterocycles. The molecule has 1 saturated carbocycles. The fraction of sp³-hybridized carbons (Fsp3) is 1.00. The Morgan fingerprint density at radius 1 is 1.06 bits per heavy atom. The van der Waals surface area contributed by atoms with E-state index < -0.39 is 0 Å². The molecule has 96 valence electrons. The summed E-state index contributed by atoms with van der Waals surface area (Å²) in [5.74, 6) is 0.934. The number of nitrogens with one attached hydrogen (secondary N) is 1. The Morgan fingerprint density at radius 2 is 1.81 bits per heavy atom. The zero-order valence-corrected chi connectivity index (χ0v) is 10.8. The van der Waals surface area contributed by atoms with Gasteiger partial charge < -0.3 is 14.8 Å². The Hall–Kier alpha value is -0.120. The van der Waals surface area contributed by atoms with Crippen molar-refractivity contribution in [1.29, 1.82) is 0 Å². The first-order chi connectivity index (χ1) is 7.83. The van der Waals surface area contributed by atoms with Crippen LogP contribution in [0.3, 0.4) is 0 Å². The smallest absolute Gasteiger partial charge is 0.0591 e. The van der Waals surface area contributed by atoms with Gasteiger partial charge in [-0.1, -0.05) is 6.92 Å². The zero-order valence-electron chi connectivity index (χ0n) is 10.8. The summed E-state index contributed by atoms with van der Waals surface area (Å²) in [5, 5.41) is 3.58. The van der Waals surface area contributed by atoms with Crippen molar-refractivity contribution in [3.05, 3.63) is 0 Å². The van der Waals surface area contributed by atoms with Gasteiger partial charge in [0.1, 0.15) is 0 Å². The highest BCUT2D eigenvalue weighted by Gasteiger charge is 2.16. The minimum atomic E-state index is 0.735. The Kier molecular flexibility index (Phi) is 7.81. The van der Waals surface area contributed by atoms with Crippen LogP contribution in [0.5, 0.6) is 0 Å². The van der Waals surface area contributed by atoms with Gasteiger partial charge in [0, 0.05) is 32.9 Å². The minimum Gasteiger partial charge on any atom is -0.385 e. The van der Waals surface area contributed by atoms with Crippen molar-refractivity contribution < 1.29 is 9.47 Å². The Bertz CT molecular complexity index is 156. The van der Waals surface area contributed by atoms with E-state index in [4.69, 9.17) is 9.47 Å². The Morgan fingerprint density at radius 3 is 2.50 bits per heavy atom. The van der Waals surface area contributed by atoms with E-state index in [1.165, 1.54) is 25.7 Å². The van der Waals surface area contributed by atoms with E-state index in [2.05, 4.69) is 12.2 Å². The van der Waals surface area contributed by atoms with Gasteiger partial charge >= 0.3 is 0 Å². The van der Waals surface area contributed by atoms with E-state index in [-0.39, 0.29) is 0 Å². The first-order valence-corrected chi connectivity index (χ1v) is 6.63. The molecule has 0 aromatic heterocycles. The fourth-order valence-electron chi connectivity index (χ4n) is 2.21. The highest BCUT2D eigenvalue weighted by Crippen LogP contribution is 2.23. The van der Waals surface area contributed by atoms with Gasteiger partial charge in [-0.05, 0) is 38.0 Å². The molecule has 1 N–H and O–H groups in total. The van der Waals surface area contributed by atoms with Crippen LogP contribution >= 0.6 is 0 Å². The second-order valence-corrected chi connectivity index (χ2v) is 4.87. The molecule has 0 spiro atoms. The van der Waals surface area contributed by atoms with Crippen LogP contribution in [-0.2, 0) is 9.47 Å². The summed E-state index contributed by atoms with van der Waals surface area (Å²) in [7, 11) is 1.73. The van der Waals surface area contributed by atoms with Gasteiger partial charge in [0.05, 0.1) is 6.61 Å². The second-order valence-electron chi connectivity index (χ2n) is 4.87. The first kappa shape index (κ1) is 13.9. The summed E-state index contributed by atoms with van der Waals surface area (Å²) < 4.78 is 10.5. The molecule has 0 aromatic rings. The predicted molar refractivity (Wildman–Crippen MR) is 66.7 cm³/mol. The molecule has 1 aliphatic rings. The highest BCUT2D eigenvalue weighted by atomic mass is 16.5. The van der Waals surface area contributed by atoms with Crippen LogP contribution in [0.15, 0.2) is 0 Å². The molecule has 0 radical (unpaired) electrons. The van der Waals surface area contributed by atoms with Gasteiger partial charge in [-0.15, -0.1) is 0 Å². The molecule has 0 aromatic carbocycles. The van der Waals surface area contributed by atoms with Gasteiger partial charge in [-0.3, -0.25) is 0 Å². The van der Waals surface area contributed by atoms with Crippen molar-refractivity contribution in [1.82, 2.24) is 5.32 Å². The van der Waals surface area contributed by atoms with Crippen molar-refractivity contribution in [3.63, 3.8) is 0 Å². The monoisotopic (exact) mass is 229 g/mol. The second kappa shape index (κ2) is 8.97. The lowest BCUT2D eigenvalue weighted by Gasteiger charge is -2.26. The van der Waals surface area contributed by atoms with Crippen LogP contribution in [-0.4, -0.2) is 39.5 Å². The third kappa shape index (κ3) is 6.46. The molecule has 1 fully saturated rings. The van der Waals surface area contributed by atoms with Crippen LogP contribution < -0.4 is 5.32 Å². The first-order valence-electron chi connectivity index (χ1n) is 6.63. The van der Waals surface area contributed by atoms with E-state index in [1.807, 2.05) is 0 Å². The maximum absolute atomic E-state index is 5.51. The zero-order chi connectivity index (χ0) is 11.6. The van der Waals surface area contributed by atoms with Crippen molar-refractivity contribution in [2.75, 3.05) is 33.5 Å². The average Bonchev–Trinajstić information content (AvgIpc) is 2.30. The lowest BCUT2D eigenvalue weighted by atomic mass is 9.87. The third-order valence-electron chi connectivity index (χ3n) is 3.33. The molecule has 0 aliphatic heterocycles. The summed E-state index contributed by atoms with van der Waals surface area (Å²) in [4.78, 5) is 0. The lowest BCUT2D eigenvalue weighted by Crippen LogP contribution is -2.35. The number of rotatable bonds is 8. The van der Waals surface area contributed by atoms with E-state index in [0.717, 1.165) is 44.7 Å². The molecule has 3 nitrogen and oxygen atoms in total. The van der Waals surface area contributed by atoms with Crippen molar-refractivity contribution >= 4 is 0 Å². The van der Waals surface area contributed by atoms with Gasteiger partial charge in [-0.25, -0.2) is 0 Å². The number of methoxy groups -OCH3 is 1. The van der Waals surface area contributed by atoms with Crippen molar-refractivity contribution in [3.8, 4) is 0 Å². The largest absolute Gasteiger partial charge is 0.385 e. The van der Waals surface area contributed by atoms with E-state index in [1.54, 1.807) is 7.11 Å². The Labute approximate surface area is 99.9 Å². The predicted octanol–water partition coefficient (Wildman–Crippen LogP) is 2.21. The average molecular weight is 229 g/mol. The molecule has 0 unspecified atom stereocenters. The van der Waals surface area contributed by atoms with Crippen LogP contribution in [0.4, 0.5) is 0 Å². The molecule has 0 atom stereocenters. The molecule has 0 amide bonds. The molecule has 0 heterocycles. The maximum atomic E-state index is 5.51. The SMILES string of the molecule is COCCCOCCNC1CCC(C)CC1. The number of hydrogen-bond donors (Lipinski definition) is 1. The van der Waals surface area contributed by atoms with Gasteiger partial charge in [0.25, 0.3) is 0 Å². The molecule has 1 rings (SSSR count). The van der Waals surface area contributed by atoms with Crippen molar-refractivity contribution in [2.24, 2.45) is 5.92 Å². The summed E-state index contributed by atoms with van der Waals surface area (Å²) >= 11 is 0. The van der Waals surface area contributed by atoms with Gasteiger partial charge in [0.15, 0.2) is 0 Å². The standard InChI is InChI=1S/C13H27NO2/c1-12-4-6-13(7-5-12)14-8-11-16-10-3-9-15-2/h12-14H,3-11H2,1-2H3. The van der Waals surface area contributed by atoms with Crippen LogP contribution in [0.2, 0.25) is 0 Å². The van der Waals surface area contributed by atoms with Crippen LogP contribution in [0, 0.1) is 5.92 Å². The van der Waals surface area contributed by atoms with Gasteiger partial charge in [-0.2, -0.15) is 0 Å². The van der Waals surface area contributed by atoms with Crippen molar-refractivity contribution in [2.45, 2.75) is 45.1 Å². The summed E-state index contributed by atoms with van der Waals surface area (Å²) in [6.45, 7) is 5.79.